The van der Waals surface area contributed by atoms with Gasteiger partial charge in [-0.3, -0.25) is 0 Å². The molecule has 1 aromatic carbocycles. The lowest BCUT2D eigenvalue weighted by atomic mass is 10.1. The molecule has 2 aromatic rings. The monoisotopic (exact) mass is 325 g/mol. The van der Waals surface area contributed by atoms with Crippen LogP contribution in [0.5, 0.6) is 0 Å². The fourth-order valence-corrected chi connectivity index (χ4v) is 2.75. The van der Waals surface area contributed by atoms with Gasteiger partial charge in [0.05, 0.1) is 5.33 Å². The van der Waals surface area contributed by atoms with Crippen LogP contribution in [0.1, 0.15) is 36.1 Å². The maximum Gasteiger partial charge on any atom is 0.143 e. The van der Waals surface area contributed by atoms with Gasteiger partial charge >= 0.3 is 0 Å². The molecule has 0 N–H and O–H groups in total. The second-order valence-electron chi connectivity index (χ2n) is 4.57. The summed E-state index contributed by atoms with van der Waals surface area (Å²) in [5.41, 5.74) is 1.18. The average Bonchev–Trinajstić information content (AvgIpc) is 3.11. The van der Waals surface area contributed by atoms with E-state index in [1.807, 2.05) is 18.2 Å². The Kier molecular flexibility index (Phi) is 3.39. The fraction of sp³-hybridized carbons (Fsp3) is 0.385. The zero-order chi connectivity index (χ0) is 12.5. The number of aromatic nitrogens is 3. The molecule has 5 heteroatoms. The summed E-state index contributed by atoms with van der Waals surface area (Å²) < 4.78 is 2.27. The standard InChI is InChI=1S/C13H13BrClN3/c14-8-13-17-16-12(18(13)11-4-5-11)7-9-2-1-3-10(15)6-9/h1-3,6,11H,4-5,7-8H2. The molecule has 1 saturated carbocycles. The third-order valence-electron chi connectivity index (χ3n) is 3.12. The number of nitrogens with zero attached hydrogens (tertiary/aromatic N) is 3. The summed E-state index contributed by atoms with van der Waals surface area (Å²) in [7, 11) is 0. The van der Waals surface area contributed by atoms with Crippen LogP contribution in [-0.2, 0) is 11.8 Å². The minimum Gasteiger partial charge on any atom is -0.311 e. The molecule has 1 aliphatic carbocycles. The van der Waals surface area contributed by atoms with Gasteiger partial charge in [0.1, 0.15) is 11.6 Å². The molecule has 0 bridgehead atoms. The summed E-state index contributed by atoms with van der Waals surface area (Å²) in [5.74, 6) is 2.06. The van der Waals surface area contributed by atoms with Crippen molar-refractivity contribution in [1.82, 2.24) is 14.8 Å². The molecule has 0 unspecified atom stereocenters. The van der Waals surface area contributed by atoms with Gasteiger partial charge in [-0.2, -0.15) is 0 Å². The van der Waals surface area contributed by atoms with Crippen LogP contribution in [0.25, 0.3) is 0 Å². The first-order chi connectivity index (χ1) is 8.78. The molecule has 0 saturated heterocycles. The number of hydrogen-bond donors (Lipinski definition) is 0. The molecule has 94 valence electrons. The molecule has 1 fully saturated rings. The number of rotatable bonds is 4. The van der Waals surface area contributed by atoms with E-state index in [9.17, 15) is 0 Å². The highest BCUT2D eigenvalue weighted by Crippen LogP contribution is 2.37. The zero-order valence-electron chi connectivity index (χ0n) is 9.81. The van der Waals surface area contributed by atoms with Crippen molar-refractivity contribution >= 4 is 27.5 Å². The summed E-state index contributed by atoms with van der Waals surface area (Å²) in [6.45, 7) is 0. The van der Waals surface area contributed by atoms with Crippen molar-refractivity contribution in [2.24, 2.45) is 0 Å². The fourth-order valence-electron chi connectivity index (χ4n) is 2.16. The quantitative estimate of drug-likeness (QED) is 0.801. The smallest absolute Gasteiger partial charge is 0.143 e. The van der Waals surface area contributed by atoms with Crippen molar-refractivity contribution in [2.45, 2.75) is 30.6 Å². The maximum atomic E-state index is 6.01. The van der Waals surface area contributed by atoms with Crippen LogP contribution in [0.4, 0.5) is 0 Å². The van der Waals surface area contributed by atoms with Crippen LogP contribution in [0.3, 0.4) is 0 Å². The van der Waals surface area contributed by atoms with Crippen LogP contribution >= 0.6 is 27.5 Å². The van der Waals surface area contributed by atoms with Crippen LogP contribution in [-0.4, -0.2) is 14.8 Å². The largest absolute Gasteiger partial charge is 0.311 e. The summed E-state index contributed by atoms with van der Waals surface area (Å²) in [6.07, 6.45) is 3.26. The van der Waals surface area contributed by atoms with Crippen LogP contribution < -0.4 is 0 Å². The lowest BCUT2D eigenvalue weighted by molar-refractivity contribution is 0.671. The molecular weight excluding hydrogens is 314 g/mol. The molecule has 1 heterocycles. The molecule has 0 aliphatic heterocycles. The van der Waals surface area contributed by atoms with Gasteiger partial charge in [0.25, 0.3) is 0 Å². The van der Waals surface area contributed by atoms with Gasteiger partial charge in [-0.25, -0.2) is 0 Å². The summed E-state index contributed by atoms with van der Waals surface area (Å²) in [6, 6.07) is 8.52. The number of hydrogen-bond acceptors (Lipinski definition) is 2. The van der Waals surface area contributed by atoms with Gasteiger partial charge < -0.3 is 4.57 Å². The highest BCUT2D eigenvalue weighted by atomic mass is 79.9. The van der Waals surface area contributed by atoms with E-state index in [2.05, 4.69) is 36.8 Å². The Labute approximate surface area is 119 Å². The third-order valence-corrected chi connectivity index (χ3v) is 3.86. The van der Waals surface area contributed by atoms with E-state index in [-0.39, 0.29) is 0 Å². The van der Waals surface area contributed by atoms with E-state index in [0.29, 0.717) is 6.04 Å². The van der Waals surface area contributed by atoms with Crippen LogP contribution in [0.15, 0.2) is 24.3 Å². The molecule has 0 radical (unpaired) electrons. The van der Waals surface area contributed by atoms with Crippen molar-refractivity contribution in [3.63, 3.8) is 0 Å². The minimum absolute atomic E-state index is 0.599. The molecule has 0 atom stereocenters. The minimum atomic E-state index is 0.599. The van der Waals surface area contributed by atoms with Crippen LogP contribution in [0.2, 0.25) is 5.02 Å². The summed E-state index contributed by atoms with van der Waals surface area (Å²) in [4.78, 5) is 0. The van der Waals surface area contributed by atoms with E-state index in [1.165, 1.54) is 18.4 Å². The van der Waals surface area contributed by atoms with Gasteiger partial charge in [-0.1, -0.05) is 39.7 Å². The lowest BCUT2D eigenvalue weighted by Gasteiger charge is -2.07. The summed E-state index contributed by atoms with van der Waals surface area (Å²) >= 11 is 9.48. The second kappa shape index (κ2) is 5.02. The first kappa shape index (κ1) is 12.2. The first-order valence-electron chi connectivity index (χ1n) is 6.01. The zero-order valence-corrected chi connectivity index (χ0v) is 12.2. The average molecular weight is 327 g/mol. The molecule has 0 spiro atoms. The highest BCUT2D eigenvalue weighted by Gasteiger charge is 2.28. The SMILES string of the molecule is Clc1cccc(Cc2nnc(CBr)n2C2CC2)c1. The molecule has 1 aliphatic rings. The lowest BCUT2D eigenvalue weighted by Crippen LogP contribution is -2.05. The topological polar surface area (TPSA) is 30.7 Å². The Morgan fingerprint density at radius 1 is 1.28 bits per heavy atom. The van der Waals surface area contributed by atoms with E-state index >= 15 is 0 Å². The Hall–Kier alpha value is -0.870. The van der Waals surface area contributed by atoms with Crippen molar-refractivity contribution in [2.75, 3.05) is 0 Å². The Morgan fingerprint density at radius 2 is 2.06 bits per heavy atom. The first-order valence-corrected chi connectivity index (χ1v) is 7.51. The maximum absolute atomic E-state index is 6.01. The van der Waals surface area contributed by atoms with Gasteiger partial charge in [0, 0.05) is 17.5 Å². The molecule has 3 rings (SSSR count). The third kappa shape index (κ3) is 2.45. The van der Waals surface area contributed by atoms with Gasteiger partial charge in [-0.15, -0.1) is 10.2 Å². The van der Waals surface area contributed by atoms with Gasteiger partial charge in [-0.05, 0) is 30.5 Å². The van der Waals surface area contributed by atoms with Crippen molar-refractivity contribution in [3.05, 3.63) is 46.5 Å². The van der Waals surface area contributed by atoms with E-state index < -0.39 is 0 Å². The van der Waals surface area contributed by atoms with Gasteiger partial charge in [0.2, 0.25) is 0 Å². The molecular formula is C13H13BrClN3. The van der Waals surface area contributed by atoms with E-state index in [0.717, 1.165) is 28.4 Å². The number of benzene rings is 1. The number of alkyl halides is 1. The molecule has 18 heavy (non-hydrogen) atoms. The molecule has 0 amide bonds. The Morgan fingerprint density at radius 3 is 2.72 bits per heavy atom. The predicted molar refractivity (Wildman–Crippen MR) is 75.2 cm³/mol. The second-order valence-corrected chi connectivity index (χ2v) is 5.57. The molecule has 3 nitrogen and oxygen atoms in total. The molecule has 1 aromatic heterocycles. The van der Waals surface area contributed by atoms with Gasteiger partial charge in [0.15, 0.2) is 0 Å². The van der Waals surface area contributed by atoms with E-state index in [4.69, 9.17) is 11.6 Å². The Balaban J connectivity index is 1.90. The van der Waals surface area contributed by atoms with Crippen molar-refractivity contribution in [1.29, 1.82) is 0 Å². The predicted octanol–water partition coefficient (Wildman–Crippen LogP) is 3.75. The number of halogens is 2. The highest BCUT2D eigenvalue weighted by molar-refractivity contribution is 9.08. The van der Waals surface area contributed by atoms with Crippen molar-refractivity contribution in [3.8, 4) is 0 Å². The van der Waals surface area contributed by atoms with Crippen LogP contribution in [0, 0.1) is 0 Å². The summed E-state index contributed by atoms with van der Waals surface area (Å²) in [5, 5.41) is 10.1. The van der Waals surface area contributed by atoms with E-state index in [1.54, 1.807) is 0 Å². The Bertz CT molecular complexity index is 563. The normalized spacial score (nSPS) is 15.0. The van der Waals surface area contributed by atoms with Crippen molar-refractivity contribution < 1.29 is 0 Å².